The predicted molar refractivity (Wildman–Crippen MR) is 119 cm³/mol. The number of amides is 1. The fraction of sp³-hybridized carbons (Fsp3) is 0.360. The van der Waals surface area contributed by atoms with Crippen molar-refractivity contribution in [3.05, 3.63) is 66.1 Å². The SMILES string of the molecule is O=C(C1CCCCC1)N1Cc2[nH]cnc2CC1c1nc(-c2ccc3ccccc3c2)no1. The summed E-state index contributed by atoms with van der Waals surface area (Å²) in [5.41, 5.74) is 2.87. The number of carbonyl (C=O) groups is 1. The molecule has 0 bridgehead atoms. The average Bonchev–Trinajstić information content (AvgIpc) is 3.52. The van der Waals surface area contributed by atoms with Crippen LogP contribution in [0, 0.1) is 5.92 Å². The Labute approximate surface area is 185 Å². The summed E-state index contributed by atoms with van der Waals surface area (Å²) in [6.45, 7) is 0.503. The lowest BCUT2D eigenvalue weighted by molar-refractivity contribution is -0.141. The molecule has 4 aromatic rings. The number of imidazole rings is 1. The van der Waals surface area contributed by atoms with Gasteiger partial charge in [-0.3, -0.25) is 4.79 Å². The molecule has 2 aromatic heterocycles. The van der Waals surface area contributed by atoms with Gasteiger partial charge in [-0.05, 0) is 29.7 Å². The van der Waals surface area contributed by atoms with Crippen molar-refractivity contribution >= 4 is 16.7 Å². The first-order valence-corrected chi connectivity index (χ1v) is 11.4. The topological polar surface area (TPSA) is 87.9 Å². The van der Waals surface area contributed by atoms with Gasteiger partial charge >= 0.3 is 0 Å². The van der Waals surface area contributed by atoms with Crippen molar-refractivity contribution < 1.29 is 9.32 Å². The molecule has 1 aliphatic carbocycles. The normalized spacial score (nSPS) is 19.2. The van der Waals surface area contributed by atoms with Crippen LogP contribution in [0.2, 0.25) is 0 Å². The number of fused-ring (bicyclic) bond motifs is 2. The van der Waals surface area contributed by atoms with Gasteiger partial charge < -0.3 is 14.4 Å². The molecule has 1 fully saturated rings. The predicted octanol–water partition coefficient (Wildman–Crippen LogP) is 4.82. The fourth-order valence-electron chi connectivity index (χ4n) is 5.09. The summed E-state index contributed by atoms with van der Waals surface area (Å²) >= 11 is 0. The molecule has 0 spiro atoms. The maximum Gasteiger partial charge on any atom is 0.250 e. The van der Waals surface area contributed by atoms with E-state index < -0.39 is 0 Å². The molecule has 0 saturated heterocycles. The van der Waals surface area contributed by atoms with Crippen LogP contribution in [0.25, 0.3) is 22.2 Å². The Kier molecular flexibility index (Phi) is 4.74. The van der Waals surface area contributed by atoms with Crippen molar-refractivity contribution in [1.29, 1.82) is 0 Å². The number of aromatic amines is 1. The summed E-state index contributed by atoms with van der Waals surface area (Å²) in [6.07, 6.45) is 7.67. The van der Waals surface area contributed by atoms with E-state index in [2.05, 4.69) is 39.4 Å². The summed E-state index contributed by atoms with van der Waals surface area (Å²) in [5.74, 6) is 1.30. The van der Waals surface area contributed by atoms with Gasteiger partial charge in [0, 0.05) is 17.9 Å². The van der Waals surface area contributed by atoms with Gasteiger partial charge in [-0.15, -0.1) is 0 Å². The minimum absolute atomic E-state index is 0.0820. The van der Waals surface area contributed by atoms with Crippen LogP contribution in [-0.4, -0.2) is 30.9 Å². The van der Waals surface area contributed by atoms with E-state index in [4.69, 9.17) is 9.51 Å². The Hall–Kier alpha value is -3.48. The van der Waals surface area contributed by atoms with Gasteiger partial charge in [-0.1, -0.05) is 60.8 Å². The fourth-order valence-corrected chi connectivity index (χ4v) is 5.09. The van der Waals surface area contributed by atoms with E-state index in [1.165, 1.54) is 11.8 Å². The number of nitrogens with zero attached hydrogens (tertiary/aromatic N) is 4. The molecule has 1 amide bonds. The van der Waals surface area contributed by atoms with E-state index in [1.54, 1.807) is 6.33 Å². The molecule has 2 aliphatic rings. The Morgan fingerprint density at radius 3 is 2.78 bits per heavy atom. The van der Waals surface area contributed by atoms with E-state index in [1.807, 2.05) is 23.1 Å². The van der Waals surface area contributed by atoms with Gasteiger partial charge in [0.25, 0.3) is 0 Å². The number of benzene rings is 2. The molecule has 7 heteroatoms. The molecular weight excluding hydrogens is 402 g/mol. The number of aromatic nitrogens is 4. The molecule has 32 heavy (non-hydrogen) atoms. The van der Waals surface area contributed by atoms with Crippen LogP contribution < -0.4 is 0 Å². The highest BCUT2D eigenvalue weighted by atomic mass is 16.5. The van der Waals surface area contributed by atoms with Gasteiger partial charge in [0.1, 0.15) is 6.04 Å². The van der Waals surface area contributed by atoms with Crippen LogP contribution in [0.15, 0.2) is 53.3 Å². The first-order valence-electron chi connectivity index (χ1n) is 11.4. The standard InChI is InChI=1S/C25H25N5O2/c31-25(17-7-2-1-3-8-17)30-14-21-20(26-15-27-21)13-22(30)24-28-23(29-32-24)19-11-10-16-6-4-5-9-18(16)12-19/h4-6,9-12,15,17,22H,1-3,7-8,13-14H2,(H,26,27). The number of hydrogen-bond donors (Lipinski definition) is 1. The average molecular weight is 428 g/mol. The van der Waals surface area contributed by atoms with Crippen molar-refractivity contribution in [2.45, 2.75) is 51.1 Å². The summed E-state index contributed by atoms with van der Waals surface area (Å²) in [7, 11) is 0. The Bertz CT molecular complexity index is 1270. The van der Waals surface area contributed by atoms with E-state index >= 15 is 0 Å². The lowest BCUT2D eigenvalue weighted by Crippen LogP contribution is -2.42. The van der Waals surface area contributed by atoms with Crippen molar-refractivity contribution in [3.63, 3.8) is 0 Å². The third-order valence-corrected chi connectivity index (χ3v) is 6.87. The van der Waals surface area contributed by atoms with Crippen molar-refractivity contribution in [3.8, 4) is 11.4 Å². The van der Waals surface area contributed by atoms with Gasteiger partial charge in [-0.2, -0.15) is 4.98 Å². The number of H-pyrrole nitrogens is 1. The molecule has 6 rings (SSSR count). The van der Waals surface area contributed by atoms with Gasteiger partial charge in [0.2, 0.25) is 17.6 Å². The molecule has 0 radical (unpaired) electrons. The van der Waals surface area contributed by atoms with E-state index in [0.29, 0.717) is 24.7 Å². The zero-order valence-electron chi connectivity index (χ0n) is 17.8. The Balaban J connectivity index is 1.33. The van der Waals surface area contributed by atoms with Crippen LogP contribution in [0.4, 0.5) is 0 Å². The zero-order valence-corrected chi connectivity index (χ0v) is 17.8. The Morgan fingerprint density at radius 2 is 1.91 bits per heavy atom. The molecule has 162 valence electrons. The van der Waals surface area contributed by atoms with E-state index in [-0.39, 0.29) is 17.9 Å². The molecule has 1 aliphatic heterocycles. The number of carbonyl (C=O) groups excluding carboxylic acids is 1. The molecule has 3 heterocycles. The maximum absolute atomic E-state index is 13.5. The number of hydrogen-bond acceptors (Lipinski definition) is 5. The third-order valence-electron chi connectivity index (χ3n) is 6.87. The van der Waals surface area contributed by atoms with Crippen molar-refractivity contribution in [1.82, 2.24) is 25.0 Å². The van der Waals surface area contributed by atoms with E-state index in [0.717, 1.165) is 48.0 Å². The highest BCUT2D eigenvalue weighted by Gasteiger charge is 2.38. The van der Waals surface area contributed by atoms with Crippen LogP contribution in [0.3, 0.4) is 0 Å². The molecular formula is C25H25N5O2. The van der Waals surface area contributed by atoms with Gasteiger partial charge in [0.15, 0.2) is 0 Å². The third kappa shape index (κ3) is 3.38. The van der Waals surface area contributed by atoms with Crippen LogP contribution in [-0.2, 0) is 17.8 Å². The van der Waals surface area contributed by atoms with Crippen LogP contribution >= 0.6 is 0 Å². The Morgan fingerprint density at radius 1 is 1.06 bits per heavy atom. The zero-order chi connectivity index (χ0) is 21.5. The molecule has 7 nitrogen and oxygen atoms in total. The second-order valence-electron chi connectivity index (χ2n) is 8.87. The lowest BCUT2D eigenvalue weighted by Gasteiger charge is -2.36. The molecule has 2 aromatic carbocycles. The highest BCUT2D eigenvalue weighted by Crippen LogP contribution is 2.36. The summed E-state index contributed by atoms with van der Waals surface area (Å²) in [4.78, 5) is 27.8. The highest BCUT2D eigenvalue weighted by molar-refractivity contribution is 5.86. The summed E-state index contributed by atoms with van der Waals surface area (Å²) in [6, 6.07) is 14.1. The van der Waals surface area contributed by atoms with Crippen molar-refractivity contribution in [2.75, 3.05) is 0 Å². The lowest BCUT2D eigenvalue weighted by atomic mass is 9.87. The minimum atomic E-state index is -0.290. The van der Waals surface area contributed by atoms with E-state index in [9.17, 15) is 4.79 Å². The van der Waals surface area contributed by atoms with Crippen LogP contribution in [0.5, 0.6) is 0 Å². The quantitative estimate of drug-likeness (QED) is 0.506. The van der Waals surface area contributed by atoms with Gasteiger partial charge in [-0.25, -0.2) is 4.98 Å². The van der Waals surface area contributed by atoms with Crippen molar-refractivity contribution in [2.24, 2.45) is 5.92 Å². The maximum atomic E-state index is 13.5. The first kappa shape index (κ1) is 19.2. The molecule has 1 unspecified atom stereocenters. The largest absolute Gasteiger partial charge is 0.347 e. The van der Waals surface area contributed by atoms with Crippen LogP contribution in [0.1, 0.15) is 55.4 Å². The second-order valence-corrected chi connectivity index (χ2v) is 8.87. The summed E-state index contributed by atoms with van der Waals surface area (Å²) in [5, 5.41) is 6.56. The summed E-state index contributed by atoms with van der Waals surface area (Å²) < 4.78 is 5.74. The smallest absolute Gasteiger partial charge is 0.250 e. The van der Waals surface area contributed by atoms with Gasteiger partial charge in [0.05, 0.1) is 24.3 Å². The second kappa shape index (κ2) is 7.89. The number of rotatable bonds is 3. The molecule has 1 saturated carbocycles. The minimum Gasteiger partial charge on any atom is -0.347 e. The first-order chi connectivity index (χ1) is 15.8. The molecule has 1 atom stereocenters. The monoisotopic (exact) mass is 427 g/mol. The molecule has 1 N–H and O–H groups in total. The number of nitrogens with one attached hydrogen (secondary N) is 1.